The average molecular weight is 546 g/mol. The van der Waals surface area contributed by atoms with Crippen LogP contribution in [-0.2, 0) is 42.6 Å². The fourth-order valence-electron chi connectivity index (χ4n) is 3.00. The first-order valence-corrected chi connectivity index (χ1v) is 12.4. The average Bonchev–Trinajstić information content (AvgIpc) is 3.39. The molecule has 0 aliphatic carbocycles. The van der Waals surface area contributed by atoms with Gasteiger partial charge in [0, 0.05) is 11.9 Å². The molecule has 2 aromatic heterocycles. The number of anilines is 1. The van der Waals surface area contributed by atoms with Crippen LogP contribution in [0.1, 0.15) is 25.2 Å². The van der Waals surface area contributed by atoms with Crippen LogP contribution in [0.15, 0.2) is 16.7 Å². The third-order valence-electron chi connectivity index (χ3n) is 4.86. The van der Waals surface area contributed by atoms with Crippen LogP contribution in [0, 0.1) is 0 Å². The van der Waals surface area contributed by atoms with Gasteiger partial charge in [0.2, 0.25) is 5.60 Å². The van der Waals surface area contributed by atoms with Gasteiger partial charge in [-0.05, 0) is 20.9 Å². The highest BCUT2D eigenvalue weighted by Gasteiger charge is 2.54. The SMILES string of the molecule is CNCc1cnn(C[C@H]2C(NC(=O)/C(=N\OC(C)(C)C(=O)O)c3csc(N)n3)C(=O)N2S(=O)(=O)O)n1. The third-order valence-corrected chi connectivity index (χ3v) is 6.48. The lowest BCUT2D eigenvalue weighted by atomic mass is 9.98. The van der Waals surface area contributed by atoms with E-state index in [0.29, 0.717) is 12.2 Å². The molecule has 1 saturated heterocycles. The van der Waals surface area contributed by atoms with E-state index in [-0.39, 0.29) is 21.7 Å². The topological polar surface area (TPSA) is 244 Å². The Morgan fingerprint density at radius 1 is 1.39 bits per heavy atom. The van der Waals surface area contributed by atoms with Crippen molar-refractivity contribution in [3.8, 4) is 0 Å². The normalized spacial score (nSPS) is 18.6. The molecule has 2 aromatic rings. The van der Waals surface area contributed by atoms with Crippen LogP contribution in [0.2, 0.25) is 0 Å². The summed E-state index contributed by atoms with van der Waals surface area (Å²) in [4.78, 5) is 47.0. The number of nitrogens with two attached hydrogens (primary N) is 1. The number of aliphatic carboxylic acids is 1. The van der Waals surface area contributed by atoms with Crippen LogP contribution >= 0.6 is 11.3 Å². The fourth-order valence-corrected chi connectivity index (χ4v) is 4.42. The number of nitrogens with one attached hydrogen (secondary N) is 2. The van der Waals surface area contributed by atoms with E-state index in [9.17, 15) is 32.5 Å². The number of oxime groups is 1. The molecule has 17 nitrogen and oxygen atoms in total. The molecule has 0 radical (unpaired) electrons. The minimum absolute atomic E-state index is 0.0697. The standard InChI is InChI=1S/C17H23N9O8S2/c1-17(2,15(29)30)34-24-11(9-7-35-16(18)21-9)13(27)22-12-10(26(14(12)28)36(31,32)33)6-25-20-5-8(23-25)4-19-3/h5,7,10,12,19H,4,6H2,1-3H3,(H2,18,21)(H,22,27)(H,29,30)(H,31,32,33)/b24-11-/t10-,12?/m0/s1. The summed E-state index contributed by atoms with van der Waals surface area (Å²) in [6.07, 6.45) is 1.42. The van der Waals surface area contributed by atoms with Crippen LogP contribution < -0.4 is 16.4 Å². The van der Waals surface area contributed by atoms with Gasteiger partial charge < -0.3 is 26.3 Å². The maximum Gasteiger partial charge on any atom is 0.362 e. The van der Waals surface area contributed by atoms with Crippen LogP contribution in [0.5, 0.6) is 0 Å². The van der Waals surface area contributed by atoms with Crippen LogP contribution in [0.25, 0.3) is 0 Å². The molecule has 36 heavy (non-hydrogen) atoms. The molecule has 1 fully saturated rings. The van der Waals surface area contributed by atoms with Gasteiger partial charge in [0.15, 0.2) is 10.8 Å². The van der Waals surface area contributed by atoms with E-state index in [1.807, 2.05) is 0 Å². The highest BCUT2D eigenvalue weighted by Crippen LogP contribution is 2.25. The van der Waals surface area contributed by atoms with Crippen molar-refractivity contribution in [2.45, 2.75) is 44.6 Å². The van der Waals surface area contributed by atoms with Gasteiger partial charge in [0.1, 0.15) is 17.8 Å². The number of hydrogen-bond acceptors (Lipinski definition) is 13. The van der Waals surface area contributed by atoms with Crippen molar-refractivity contribution in [1.82, 2.24) is 34.9 Å². The molecular formula is C17H23N9O8S2. The number of nitrogen functional groups attached to an aromatic ring is 1. The zero-order valence-electron chi connectivity index (χ0n) is 19.1. The first-order chi connectivity index (χ1) is 16.7. The zero-order chi connectivity index (χ0) is 26.8. The van der Waals surface area contributed by atoms with Gasteiger partial charge in [-0.1, -0.05) is 5.16 Å². The molecule has 6 N–H and O–H groups in total. The Kier molecular flexibility index (Phi) is 7.57. The van der Waals surface area contributed by atoms with Gasteiger partial charge in [-0.3, -0.25) is 14.1 Å². The Hall–Kier alpha value is -3.68. The van der Waals surface area contributed by atoms with Crippen LogP contribution in [0.4, 0.5) is 5.13 Å². The quantitative estimate of drug-likeness (QED) is 0.0873. The van der Waals surface area contributed by atoms with E-state index in [0.717, 1.165) is 16.1 Å². The number of β-lactam (4-membered cyclic amide) rings is 1. The van der Waals surface area contributed by atoms with Crippen molar-refractivity contribution in [2.24, 2.45) is 5.16 Å². The molecule has 1 aliphatic heterocycles. The molecule has 2 atom stereocenters. The largest absolute Gasteiger partial charge is 0.478 e. The lowest BCUT2D eigenvalue weighted by Gasteiger charge is -2.43. The number of thiazole rings is 1. The number of rotatable bonds is 11. The van der Waals surface area contributed by atoms with Crippen molar-refractivity contribution < 1.29 is 37.3 Å². The van der Waals surface area contributed by atoms with E-state index in [1.165, 1.54) is 25.4 Å². The summed E-state index contributed by atoms with van der Waals surface area (Å²) in [6.45, 7) is 2.46. The molecule has 196 valence electrons. The second kappa shape index (κ2) is 10.1. The monoisotopic (exact) mass is 545 g/mol. The summed E-state index contributed by atoms with van der Waals surface area (Å²) in [5.74, 6) is -3.53. The van der Waals surface area contributed by atoms with E-state index >= 15 is 0 Å². The predicted octanol–water partition coefficient (Wildman–Crippen LogP) is -2.18. The smallest absolute Gasteiger partial charge is 0.362 e. The van der Waals surface area contributed by atoms with Crippen molar-refractivity contribution in [1.29, 1.82) is 0 Å². The molecule has 0 aromatic carbocycles. The molecule has 1 aliphatic rings. The first kappa shape index (κ1) is 26.9. The van der Waals surface area contributed by atoms with Crippen molar-refractivity contribution >= 4 is 50.3 Å². The number of aromatic nitrogens is 4. The molecule has 1 unspecified atom stereocenters. The minimum Gasteiger partial charge on any atom is -0.478 e. The number of carboxylic acids is 1. The number of nitrogens with zero attached hydrogens (tertiary/aromatic N) is 6. The molecule has 3 rings (SSSR count). The second-order valence-electron chi connectivity index (χ2n) is 7.97. The molecular weight excluding hydrogens is 522 g/mol. The molecule has 0 spiro atoms. The molecule has 0 saturated carbocycles. The van der Waals surface area contributed by atoms with Crippen LogP contribution in [0.3, 0.4) is 0 Å². The Morgan fingerprint density at radius 2 is 2.08 bits per heavy atom. The summed E-state index contributed by atoms with van der Waals surface area (Å²) in [6, 6.07) is -2.73. The highest BCUT2D eigenvalue weighted by molar-refractivity contribution is 7.84. The predicted molar refractivity (Wildman–Crippen MR) is 123 cm³/mol. The number of carbonyl (C=O) groups excluding carboxylic acids is 2. The fraction of sp³-hybridized carbons (Fsp3) is 0.471. The lowest BCUT2D eigenvalue weighted by Crippen LogP contribution is -2.73. The van der Waals surface area contributed by atoms with E-state index in [4.69, 9.17) is 10.6 Å². The van der Waals surface area contributed by atoms with Crippen LogP contribution in [-0.4, -0.2) is 90.6 Å². The van der Waals surface area contributed by atoms with E-state index < -0.39 is 51.5 Å². The summed E-state index contributed by atoms with van der Waals surface area (Å²) in [7, 11) is -3.27. The maximum atomic E-state index is 13.1. The van der Waals surface area contributed by atoms with Crippen molar-refractivity contribution in [3.05, 3.63) is 23.0 Å². The summed E-state index contributed by atoms with van der Waals surface area (Å²) < 4.78 is 33.2. The number of amides is 2. The zero-order valence-corrected chi connectivity index (χ0v) is 20.8. The first-order valence-electron chi connectivity index (χ1n) is 10.1. The third kappa shape index (κ3) is 5.75. The maximum absolute atomic E-state index is 13.1. The van der Waals surface area contributed by atoms with Gasteiger partial charge >= 0.3 is 16.3 Å². The molecule has 3 heterocycles. The van der Waals surface area contributed by atoms with E-state index in [2.05, 4.69) is 31.0 Å². The summed E-state index contributed by atoms with van der Waals surface area (Å²) >= 11 is 0.963. The summed E-state index contributed by atoms with van der Waals surface area (Å²) in [5.41, 5.74) is 3.74. The lowest BCUT2D eigenvalue weighted by molar-refractivity contribution is -0.161. The number of hydrogen-bond donors (Lipinski definition) is 5. The van der Waals surface area contributed by atoms with Crippen molar-refractivity contribution in [2.75, 3.05) is 12.8 Å². The van der Waals surface area contributed by atoms with Gasteiger partial charge in [-0.2, -0.15) is 23.4 Å². The number of carbonyl (C=O) groups is 3. The number of carboxylic acid groups (broad SMARTS) is 1. The Morgan fingerprint density at radius 3 is 2.64 bits per heavy atom. The van der Waals surface area contributed by atoms with Gasteiger partial charge in [0.25, 0.3) is 11.8 Å². The Balaban J connectivity index is 1.88. The van der Waals surface area contributed by atoms with E-state index in [1.54, 1.807) is 7.05 Å². The molecule has 19 heteroatoms. The molecule has 0 bridgehead atoms. The van der Waals surface area contributed by atoms with Gasteiger partial charge in [-0.15, -0.1) is 11.3 Å². The Bertz CT molecular complexity index is 1300. The second-order valence-corrected chi connectivity index (χ2v) is 10.1. The Labute approximate surface area is 208 Å². The van der Waals surface area contributed by atoms with Crippen molar-refractivity contribution in [3.63, 3.8) is 0 Å². The van der Waals surface area contributed by atoms with Gasteiger partial charge in [-0.25, -0.2) is 14.1 Å². The highest BCUT2D eigenvalue weighted by atomic mass is 32.2. The van der Waals surface area contributed by atoms with Gasteiger partial charge in [0.05, 0.1) is 18.4 Å². The summed E-state index contributed by atoms with van der Waals surface area (Å²) in [5, 5.41) is 27.6. The molecule has 2 amide bonds. The minimum atomic E-state index is -4.96.